The maximum absolute atomic E-state index is 13.7. The maximum Gasteiger partial charge on any atom is 0.460 e. The van der Waals surface area contributed by atoms with E-state index in [2.05, 4.69) is 8.92 Å². The molecule has 0 N–H and O–H groups in total. The van der Waals surface area contributed by atoms with Gasteiger partial charge in [0.15, 0.2) is 0 Å². The standard InChI is InChI=1S/C15H13F9O5S/c1-3-28-11(25)8(2)9-5-4-6-10(7-9)29-30(26,27)15(23,24)13(18,19)12(16,17)14(20,21)22/h4-8H,3H2,1-2H3. The van der Waals surface area contributed by atoms with Crippen LogP contribution in [-0.4, -0.2) is 44.3 Å². The molecule has 15 heteroatoms. The first kappa shape index (κ1) is 25.8. The molecule has 30 heavy (non-hydrogen) atoms. The van der Waals surface area contributed by atoms with Crippen LogP contribution in [0.1, 0.15) is 25.3 Å². The summed E-state index contributed by atoms with van der Waals surface area (Å²) in [4.78, 5) is 11.6. The number of halogens is 9. The Morgan fingerprint density at radius 1 is 1.00 bits per heavy atom. The number of alkyl halides is 9. The minimum Gasteiger partial charge on any atom is -0.466 e. The van der Waals surface area contributed by atoms with E-state index in [9.17, 15) is 52.7 Å². The van der Waals surface area contributed by atoms with Crippen molar-refractivity contribution in [1.29, 1.82) is 0 Å². The second kappa shape index (κ2) is 8.15. The highest BCUT2D eigenvalue weighted by Gasteiger charge is 2.86. The van der Waals surface area contributed by atoms with Crippen molar-refractivity contribution in [2.75, 3.05) is 6.61 Å². The lowest BCUT2D eigenvalue weighted by molar-refractivity contribution is -0.382. The minimum absolute atomic E-state index is 0.0531. The van der Waals surface area contributed by atoms with Crippen LogP contribution in [0.15, 0.2) is 24.3 Å². The smallest absolute Gasteiger partial charge is 0.460 e. The molecule has 1 unspecified atom stereocenters. The van der Waals surface area contributed by atoms with E-state index in [0.717, 1.165) is 12.1 Å². The van der Waals surface area contributed by atoms with Crippen LogP contribution < -0.4 is 4.18 Å². The predicted octanol–water partition coefficient (Wildman–Crippen LogP) is 4.49. The lowest BCUT2D eigenvalue weighted by atomic mass is 10.0. The first-order chi connectivity index (χ1) is 13.3. The van der Waals surface area contributed by atoms with Gasteiger partial charge in [0.1, 0.15) is 5.75 Å². The second-order valence-electron chi connectivity index (χ2n) is 5.75. The van der Waals surface area contributed by atoms with Crippen LogP contribution in [0.3, 0.4) is 0 Å². The third-order valence-corrected chi connectivity index (χ3v) is 4.93. The van der Waals surface area contributed by atoms with Gasteiger partial charge in [-0.1, -0.05) is 12.1 Å². The lowest BCUT2D eigenvalue weighted by Gasteiger charge is -2.32. The van der Waals surface area contributed by atoms with E-state index >= 15 is 0 Å². The Morgan fingerprint density at radius 3 is 2.00 bits per heavy atom. The Labute approximate surface area is 163 Å². The van der Waals surface area contributed by atoms with E-state index in [4.69, 9.17) is 0 Å². The van der Waals surface area contributed by atoms with Gasteiger partial charge in [-0.25, -0.2) is 0 Å². The molecule has 0 aliphatic heterocycles. The van der Waals surface area contributed by atoms with E-state index < -0.39 is 51.0 Å². The lowest BCUT2D eigenvalue weighted by Crippen LogP contribution is -2.63. The highest BCUT2D eigenvalue weighted by atomic mass is 32.2. The van der Waals surface area contributed by atoms with Crippen molar-refractivity contribution in [3.63, 3.8) is 0 Å². The second-order valence-corrected chi connectivity index (χ2v) is 7.33. The van der Waals surface area contributed by atoms with Gasteiger partial charge >= 0.3 is 39.4 Å². The van der Waals surface area contributed by atoms with Crippen molar-refractivity contribution in [2.24, 2.45) is 0 Å². The Morgan fingerprint density at radius 2 is 1.53 bits per heavy atom. The fourth-order valence-corrected chi connectivity index (χ4v) is 2.84. The molecule has 0 saturated heterocycles. The summed E-state index contributed by atoms with van der Waals surface area (Å²) in [6, 6.07) is 3.30. The van der Waals surface area contributed by atoms with Crippen LogP contribution in [0.5, 0.6) is 5.75 Å². The largest absolute Gasteiger partial charge is 0.466 e. The fraction of sp³-hybridized carbons (Fsp3) is 0.533. The van der Waals surface area contributed by atoms with Crippen LogP contribution >= 0.6 is 0 Å². The number of esters is 1. The van der Waals surface area contributed by atoms with Gasteiger partial charge in [0, 0.05) is 0 Å². The molecule has 0 heterocycles. The van der Waals surface area contributed by atoms with Crippen LogP contribution in [0.4, 0.5) is 39.5 Å². The molecule has 1 aromatic rings. The topological polar surface area (TPSA) is 69.7 Å². The van der Waals surface area contributed by atoms with Crippen molar-refractivity contribution in [3.05, 3.63) is 29.8 Å². The molecule has 0 saturated carbocycles. The SMILES string of the molecule is CCOC(=O)C(C)c1cccc(OS(=O)(=O)C(F)(F)C(F)(F)C(F)(F)C(F)(F)F)c1. The molecular weight excluding hydrogens is 463 g/mol. The van der Waals surface area contributed by atoms with Crippen LogP contribution in [0.25, 0.3) is 0 Å². The van der Waals surface area contributed by atoms with E-state index in [-0.39, 0.29) is 12.2 Å². The maximum atomic E-state index is 13.7. The predicted molar refractivity (Wildman–Crippen MR) is 81.9 cm³/mol. The molecule has 0 aliphatic rings. The summed E-state index contributed by atoms with van der Waals surface area (Å²) in [5, 5.41) is -6.98. The zero-order valence-electron chi connectivity index (χ0n) is 14.9. The summed E-state index contributed by atoms with van der Waals surface area (Å²) in [6.45, 7) is 2.64. The zero-order chi connectivity index (χ0) is 23.8. The number of rotatable bonds is 8. The third kappa shape index (κ3) is 4.44. The van der Waals surface area contributed by atoms with Crippen molar-refractivity contribution in [1.82, 2.24) is 0 Å². The first-order valence-corrected chi connectivity index (χ1v) is 9.15. The van der Waals surface area contributed by atoms with E-state index in [1.165, 1.54) is 13.8 Å². The Bertz CT molecular complexity index is 881. The van der Waals surface area contributed by atoms with Crippen LogP contribution in [0.2, 0.25) is 0 Å². The van der Waals surface area contributed by atoms with Crippen LogP contribution in [0, 0.1) is 0 Å². The Balaban J connectivity index is 3.31. The number of carbonyl (C=O) groups is 1. The van der Waals surface area contributed by atoms with Gasteiger partial charge in [-0.3, -0.25) is 4.79 Å². The Kier molecular flexibility index (Phi) is 7.02. The monoisotopic (exact) mass is 476 g/mol. The van der Waals surface area contributed by atoms with Gasteiger partial charge in [0.05, 0.1) is 12.5 Å². The molecule has 0 spiro atoms. The minimum atomic E-state index is -7.41. The number of benzene rings is 1. The molecule has 1 atom stereocenters. The number of hydrogen-bond acceptors (Lipinski definition) is 5. The molecule has 172 valence electrons. The van der Waals surface area contributed by atoms with E-state index in [1.54, 1.807) is 0 Å². The molecule has 5 nitrogen and oxygen atoms in total. The van der Waals surface area contributed by atoms with Gasteiger partial charge in [0.2, 0.25) is 0 Å². The molecule has 1 aromatic carbocycles. The number of ether oxygens (including phenoxy) is 1. The highest BCUT2D eigenvalue weighted by molar-refractivity contribution is 7.88. The number of hydrogen-bond donors (Lipinski definition) is 0. The molecule has 1 rings (SSSR count). The Hall–Kier alpha value is -2.19. The normalized spacial score (nSPS) is 14.9. The van der Waals surface area contributed by atoms with Gasteiger partial charge in [-0.15, -0.1) is 0 Å². The average molecular weight is 476 g/mol. The molecule has 0 aromatic heterocycles. The molecule has 0 fully saturated rings. The van der Waals surface area contributed by atoms with Gasteiger partial charge < -0.3 is 8.92 Å². The van der Waals surface area contributed by atoms with Crippen molar-refractivity contribution < 1.29 is 61.6 Å². The van der Waals surface area contributed by atoms with E-state index in [1.807, 2.05) is 0 Å². The molecule has 0 amide bonds. The summed E-state index contributed by atoms with van der Waals surface area (Å²) in [5.74, 6) is -17.9. The molecule has 0 aliphatic carbocycles. The molecular formula is C15H13F9O5S. The van der Waals surface area contributed by atoms with Gasteiger partial charge in [-0.2, -0.15) is 47.9 Å². The average Bonchev–Trinajstić information content (AvgIpc) is 2.59. The van der Waals surface area contributed by atoms with Crippen LogP contribution in [-0.2, 0) is 19.6 Å². The first-order valence-electron chi connectivity index (χ1n) is 7.74. The zero-order valence-corrected chi connectivity index (χ0v) is 15.8. The summed E-state index contributed by atoms with van der Waals surface area (Å²) < 4.78 is 147. The van der Waals surface area contributed by atoms with Gasteiger partial charge in [-0.05, 0) is 31.5 Å². The molecule has 0 radical (unpaired) electrons. The third-order valence-electron chi connectivity index (χ3n) is 3.63. The summed E-state index contributed by atoms with van der Waals surface area (Å²) in [5.41, 5.74) is -0.114. The summed E-state index contributed by atoms with van der Waals surface area (Å²) in [7, 11) is -7.07. The van der Waals surface area contributed by atoms with Gasteiger partial charge in [0.25, 0.3) is 0 Å². The van der Waals surface area contributed by atoms with E-state index in [0.29, 0.717) is 12.1 Å². The van der Waals surface area contributed by atoms with Crippen molar-refractivity contribution >= 4 is 16.1 Å². The van der Waals surface area contributed by atoms with Crippen molar-refractivity contribution in [2.45, 2.75) is 43.0 Å². The highest BCUT2D eigenvalue weighted by Crippen LogP contribution is 2.54. The molecule has 0 bridgehead atoms. The summed E-state index contributed by atoms with van der Waals surface area (Å²) in [6.07, 6.45) is -7.19. The fourth-order valence-electron chi connectivity index (χ4n) is 1.94. The number of carbonyl (C=O) groups excluding carboxylic acids is 1. The summed E-state index contributed by atoms with van der Waals surface area (Å²) >= 11 is 0. The quantitative estimate of drug-likeness (QED) is 0.314. The van der Waals surface area contributed by atoms with Crippen molar-refractivity contribution in [3.8, 4) is 5.75 Å².